The maximum Gasteiger partial charge on any atom is 0.123 e. The quantitative estimate of drug-likeness (QED) is 0.797. The maximum atomic E-state index is 13.4. The third-order valence-corrected chi connectivity index (χ3v) is 4.19. The summed E-state index contributed by atoms with van der Waals surface area (Å²) in [6.45, 7) is 5.29. The third-order valence-electron chi connectivity index (χ3n) is 4.19. The van der Waals surface area contributed by atoms with Gasteiger partial charge in [0.25, 0.3) is 0 Å². The molecule has 1 aliphatic rings. The Morgan fingerprint density at radius 1 is 1.26 bits per heavy atom. The van der Waals surface area contributed by atoms with Crippen LogP contribution in [0.4, 0.5) is 4.39 Å². The fraction of sp³-hybridized carbons (Fsp3) is 0.647. The highest BCUT2D eigenvalue weighted by Gasteiger charge is 2.21. The molecule has 1 nitrogen and oxygen atoms in total. The fourth-order valence-electron chi connectivity index (χ4n) is 3.12. The molecule has 106 valence electrons. The molecule has 0 saturated heterocycles. The maximum absolute atomic E-state index is 13.4. The monoisotopic (exact) mass is 263 g/mol. The van der Waals surface area contributed by atoms with Crippen LogP contribution >= 0.6 is 0 Å². The zero-order valence-electron chi connectivity index (χ0n) is 12.2. The summed E-state index contributed by atoms with van der Waals surface area (Å²) in [6, 6.07) is 7.64. The van der Waals surface area contributed by atoms with Crippen LogP contribution in [0.1, 0.15) is 57.4 Å². The van der Waals surface area contributed by atoms with Gasteiger partial charge in [0, 0.05) is 12.6 Å². The average molecular weight is 263 g/mol. The summed E-state index contributed by atoms with van der Waals surface area (Å²) in [5.41, 5.74) is 1.15. The number of hydrogen-bond donors (Lipinski definition) is 1. The standard InChI is InChI=1S/C17H26FN/c1-13(2)19-12-16(10-14-6-3-4-7-14)15-8-5-9-17(18)11-15/h5,8-9,11,13-14,16,19H,3-4,6-7,10,12H2,1-2H3. The van der Waals surface area contributed by atoms with E-state index in [0.29, 0.717) is 12.0 Å². The molecule has 0 radical (unpaired) electrons. The molecule has 0 bridgehead atoms. The summed E-state index contributed by atoms with van der Waals surface area (Å²) in [6.07, 6.45) is 6.65. The SMILES string of the molecule is CC(C)NCC(CC1CCCC1)c1cccc(F)c1. The second-order valence-electron chi connectivity index (χ2n) is 6.20. The number of halogens is 1. The summed E-state index contributed by atoms with van der Waals surface area (Å²) in [4.78, 5) is 0. The molecule has 1 atom stereocenters. The average Bonchev–Trinajstić information content (AvgIpc) is 2.87. The normalized spacial score (nSPS) is 18.1. The largest absolute Gasteiger partial charge is 0.314 e. The molecule has 1 aromatic rings. The lowest BCUT2D eigenvalue weighted by Gasteiger charge is -2.23. The highest BCUT2D eigenvalue weighted by atomic mass is 19.1. The first kappa shape index (κ1) is 14.5. The zero-order chi connectivity index (χ0) is 13.7. The Labute approximate surface area is 116 Å². The highest BCUT2D eigenvalue weighted by Crippen LogP contribution is 2.34. The van der Waals surface area contributed by atoms with Gasteiger partial charge in [0.1, 0.15) is 5.82 Å². The van der Waals surface area contributed by atoms with Crippen LogP contribution < -0.4 is 5.32 Å². The van der Waals surface area contributed by atoms with E-state index in [1.165, 1.54) is 38.2 Å². The summed E-state index contributed by atoms with van der Waals surface area (Å²) < 4.78 is 13.4. The van der Waals surface area contributed by atoms with Crippen LogP contribution in [-0.4, -0.2) is 12.6 Å². The Bertz CT molecular complexity index is 383. The van der Waals surface area contributed by atoms with Crippen molar-refractivity contribution in [3.05, 3.63) is 35.6 Å². The van der Waals surface area contributed by atoms with E-state index in [9.17, 15) is 4.39 Å². The second kappa shape index (κ2) is 7.04. The molecule has 19 heavy (non-hydrogen) atoms. The first-order valence-corrected chi connectivity index (χ1v) is 7.64. The Morgan fingerprint density at radius 2 is 2.00 bits per heavy atom. The molecule has 2 rings (SSSR count). The Hall–Kier alpha value is -0.890. The zero-order valence-corrected chi connectivity index (χ0v) is 12.2. The van der Waals surface area contributed by atoms with Gasteiger partial charge in [0.05, 0.1) is 0 Å². The minimum absolute atomic E-state index is 0.113. The van der Waals surface area contributed by atoms with Crippen molar-refractivity contribution in [2.24, 2.45) is 5.92 Å². The van der Waals surface area contributed by atoms with Crippen molar-refractivity contribution in [1.82, 2.24) is 5.32 Å². The lowest BCUT2D eigenvalue weighted by atomic mass is 9.87. The van der Waals surface area contributed by atoms with Crippen LogP contribution in [0.15, 0.2) is 24.3 Å². The van der Waals surface area contributed by atoms with Crippen molar-refractivity contribution in [2.75, 3.05) is 6.54 Å². The van der Waals surface area contributed by atoms with Crippen molar-refractivity contribution in [3.8, 4) is 0 Å². The number of benzene rings is 1. The predicted molar refractivity (Wildman–Crippen MR) is 78.9 cm³/mol. The first-order valence-electron chi connectivity index (χ1n) is 7.64. The van der Waals surface area contributed by atoms with E-state index >= 15 is 0 Å². The summed E-state index contributed by atoms with van der Waals surface area (Å²) in [5, 5.41) is 3.52. The Morgan fingerprint density at radius 3 is 2.63 bits per heavy atom. The minimum atomic E-state index is -0.113. The molecule has 0 amide bonds. The van der Waals surface area contributed by atoms with E-state index in [-0.39, 0.29) is 5.82 Å². The second-order valence-corrected chi connectivity index (χ2v) is 6.20. The van der Waals surface area contributed by atoms with E-state index in [4.69, 9.17) is 0 Å². The van der Waals surface area contributed by atoms with E-state index in [1.807, 2.05) is 6.07 Å². The molecule has 0 spiro atoms. The molecule has 1 fully saturated rings. The van der Waals surface area contributed by atoms with Gasteiger partial charge in [-0.25, -0.2) is 4.39 Å². The van der Waals surface area contributed by atoms with Crippen LogP contribution in [0.25, 0.3) is 0 Å². The summed E-state index contributed by atoms with van der Waals surface area (Å²) in [5.74, 6) is 1.17. The predicted octanol–water partition coefficient (Wildman–Crippen LogP) is 4.49. The van der Waals surface area contributed by atoms with Gasteiger partial charge in [0.15, 0.2) is 0 Å². The van der Waals surface area contributed by atoms with Gasteiger partial charge >= 0.3 is 0 Å². The molecular formula is C17H26FN. The molecule has 1 aromatic carbocycles. The van der Waals surface area contributed by atoms with Crippen molar-refractivity contribution >= 4 is 0 Å². The molecule has 1 aliphatic carbocycles. The highest BCUT2D eigenvalue weighted by molar-refractivity contribution is 5.21. The van der Waals surface area contributed by atoms with Gasteiger partial charge in [-0.05, 0) is 36.0 Å². The molecule has 0 aliphatic heterocycles. The molecular weight excluding hydrogens is 237 g/mol. The Balaban J connectivity index is 2.03. The molecule has 1 saturated carbocycles. The van der Waals surface area contributed by atoms with Gasteiger partial charge in [-0.3, -0.25) is 0 Å². The van der Waals surface area contributed by atoms with Crippen LogP contribution in [0.5, 0.6) is 0 Å². The summed E-state index contributed by atoms with van der Waals surface area (Å²) in [7, 11) is 0. The van der Waals surface area contributed by atoms with E-state index in [1.54, 1.807) is 6.07 Å². The van der Waals surface area contributed by atoms with Gasteiger partial charge in [-0.2, -0.15) is 0 Å². The molecule has 1 unspecified atom stereocenters. The lowest BCUT2D eigenvalue weighted by molar-refractivity contribution is 0.415. The minimum Gasteiger partial charge on any atom is -0.314 e. The topological polar surface area (TPSA) is 12.0 Å². The van der Waals surface area contributed by atoms with E-state index < -0.39 is 0 Å². The third kappa shape index (κ3) is 4.61. The van der Waals surface area contributed by atoms with Crippen molar-refractivity contribution in [3.63, 3.8) is 0 Å². The number of nitrogens with one attached hydrogen (secondary N) is 1. The van der Waals surface area contributed by atoms with Gasteiger partial charge in [-0.1, -0.05) is 51.7 Å². The number of rotatable bonds is 6. The van der Waals surface area contributed by atoms with E-state index in [2.05, 4.69) is 25.2 Å². The molecule has 0 aromatic heterocycles. The van der Waals surface area contributed by atoms with Crippen LogP contribution in [0.2, 0.25) is 0 Å². The first-order chi connectivity index (χ1) is 9.15. The fourth-order valence-corrected chi connectivity index (χ4v) is 3.12. The van der Waals surface area contributed by atoms with E-state index in [0.717, 1.165) is 18.0 Å². The number of hydrogen-bond acceptors (Lipinski definition) is 1. The molecule has 0 heterocycles. The Kier molecular flexibility index (Phi) is 5.38. The van der Waals surface area contributed by atoms with Crippen LogP contribution in [0, 0.1) is 11.7 Å². The van der Waals surface area contributed by atoms with Crippen LogP contribution in [-0.2, 0) is 0 Å². The molecule has 1 N–H and O–H groups in total. The van der Waals surface area contributed by atoms with Gasteiger partial charge < -0.3 is 5.32 Å². The lowest BCUT2D eigenvalue weighted by Crippen LogP contribution is -2.28. The smallest absolute Gasteiger partial charge is 0.123 e. The van der Waals surface area contributed by atoms with Crippen LogP contribution in [0.3, 0.4) is 0 Å². The molecule has 2 heteroatoms. The van der Waals surface area contributed by atoms with Gasteiger partial charge in [-0.15, -0.1) is 0 Å². The van der Waals surface area contributed by atoms with Gasteiger partial charge in [0.2, 0.25) is 0 Å². The van der Waals surface area contributed by atoms with Crippen molar-refractivity contribution < 1.29 is 4.39 Å². The summed E-state index contributed by atoms with van der Waals surface area (Å²) >= 11 is 0. The van der Waals surface area contributed by atoms with Crippen molar-refractivity contribution in [1.29, 1.82) is 0 Å². The van der Waals surface area contributed by atoms with Crippen molar-refractivity contribution in [2.45, 2.75) is 57.9 Å².